The molecule has 0 unspecified atom stereocenters. The van der Waals surface area contributed by atoms with E-state index in [-0.39, 0.29) is 11.6 Å². The molecule has 0 aliphatic heterocycles. The van der Waals surface area contributed by atoms with E-state index in [2.05, 4.69) is 0 Å². The second kappa shape index (κ2) is 5.87. The van der Waals surface area contributed by atoms with Crippen LogP contribution in [0.3, 0.4) is 0 Å². The molecule has 0 bridgehead atoms. The summed E-state index contributed by atoms with van der Waals surface area (Å²) in [6.45, 7) is 6.12. The summed E-state index contributed by atoms with van der Waals surface area (Å²) >= 11 is 0. The Bertz CT molecular complexity index is 407. The maximum Gasteiger partial charge on any atom is 0.338 e. The molecule has 4 nitrogen and oxygen atoms in total. The van der Waals surface area contributed by atoms with Crippen LogP contribution in [0.2, 0.25) is 0 Å². The smallest absolute Gasteiger partial charge is 0.338 e. The number of esters is 1. The molecule has 4 heteroatoms. The first-order valence-electron chi connectivity index (χ1n) is 5.93. The Labute approximate surface area is 108 Å². The largest absolute Gasteiger partial charge is 0.462 e. The van der Waals surface area contributed by atoms with Crippen molar-refractivity contribution in [2.75, 3.05) is 19.5 Å². The van der Waals surface area contributed by atoms with E-state index >= 15 is 0 Å². The molecule has 2 N–H and O–H groups in total. The van der Waals surface area contributed by atoms with E-state index in [9.17, 15) is 4.79 Å². The van der Waals surface area contributed by atoms with Crippen LogP contribution < -0.4 is 5.73 Å². The summed E-state index contributed by atoms with van der Waals surface area (Å²) in [4.78, 5) is 11.8. The highest BCUT2D eigenvalue weighted by atomic mass is 16.5. The molecule has 0 fully saturated rings. The summed E-state index contributed by atoms with van der Waals surface area (Å²) in [6.07, 6.45) is 0.649. The highest BCUT2D eigenvalue weighted by molar-refractivity contribution is 5.90. The lowest BCUT2D eigenvalue weighted by Crippen LogP contribution is -2.25. The number of rotatable bonds is 5. The number of aryl methyl sites for hydroxylation is 1. The molecule has 0 saturated heterocycles. The summed E-state index contributed by atoms with van der Waals surface area (Å²) in [6, 6.07) is 5.20. The first-order chi connectivity index (χ1) is 8.34. The minimum atomic E-state index is -0.350. The zero-order chi connectivity index (χ0) is 13.8. The molecule has 1 rings (SSSR count). The third kappa shape index (κ3) is 4.37. The molecule has 0 aromatic heterocycles. The Hall–Kier alpha value is -1.55. The Kier molecular flexibility index (Phi) is 4.73. The van der Waals surface area contributed by atoms with E-state index in [0.29, 0.717) is 24.3 Å². The molecule has 0 spiro atoms. The Morgan fingerprint density at radius 1 is 1.33 bits per heavy atom. The third-order valence-corrected chi connectivity index (χ3v) is 2.83. The minimum absolute atomic E-state index is 0.286. The van der Waals surface area contributed by atoms with E-state index in [1.165, 1.54) is 0 Å². The highest BCUT2D eigenvalue weighted by Crippen LogP contribution is 2.15. The molecule has 1 aromatic rings. The number of hydrogen-bond acceptors (Lipinski definition) is 4. The molecule has 18 heavy (non-hydrogen) atoms. The normalized spacial score (nSPS) is 11.3. The average Bonchev–Trinajstić information content (AvgIpc) is 2.27. The number of nitrogen functional groups attached to an aromatic ring is 1. The van der Waals surface area contributed by atoms with Crippen molar-refractivity contribution in [3.63, 3.8) is 0 Å². The zero-order valence-corrected chi connectivity index (χ0v) is 11.4. The van der Waals surface area contributed by atoms with Gasteiger partial charge in [-0.2, -0.15) is 0 Å². The van der Waals surface area contributed by atoms with E-state index in [1.54, 1.807) is 19.2 Å². The lowest BCUT2D eigenvalue weighted by Gasteiger charge is -2.22. The van der Waals surface area contributed by atoms with Crippen molar-refractivity contribution in [3.05, 3.63) is 29.3 Å². The van der Waals surface area contributed by atoms with Gasteiger partial charge in [0.05, 0.1) is 17.8 Å². The van der Waals surface area contributed by atoms with Gasteiger partial charge in [0.2, 0.25) is 0 Å². The third-order valence-electron chi connectivity index (χ3n) is 2.83. The summed E-state index contributed by atoms with van der Waals surface area (Å²) in [5.74, 6) is -0.350. The van der Waals surface area contributed by atoms with Crippen LogP contribution in [0.15, 0.2) is 18.2 Å². The van der Waals surface area contributed by atoms with Crippen LogP contribution in [0.4, 0.5) is 5.69 Å². The zero-order valence-electron chi connectivity index (χ0n) is 11.4. The monoisotopic (exact) mass is 251 g/mol. The first kappa shape index (κ1) is 14.5. The first-order valence-corrected chi connectivity index (χ1v) is 5.93. The molecular formula is C14H21NO3. The lowest BCUT2D eigenvalue weighted by atomic mass is 10.1. The van der Waals surface area contributed by atoms with Crippen molar-refractivity contribution in [1.29, 1.82) is 0 Å². The van der Waals surface area contributed by atoms with Crippen LogP contribution in [0.25, 0.3) is 0 Å². The summed E-state index contributed by atoms with van der Waals surface area (Å²) in [5.41, 5.74) is 7.40. The molecule has 0 aliphatic rings. The summed E-state index contributed by atoms with van der Waals surface area (Å²) < 4.78 is 10.5. The summed E-state index contributed by atoms with van der Waals surface area (Å²) in [5, 5.41) is 0. The predicted molar refractivity (Wildman–Crippen MR) is 71.6 cm³/mol. The molecule has 0 amide bonds. The topological polar surface area (TPSA) is 61.5 Å². The second-order valence-electron chi connectivity index (χ2n) is 4.98. The predicted octanol–water partition coefficient (Wildman–Crippen LogP) is 2.55. The van der Waals surface area contributed by atoms with Gasteiger partial charge < -0.3 is 15.2 Å². The Morgan fingerprint density at radius 2 is 2.00 bits per heavy atom. The van der Waals surface area contributed by atoms with E-state index < -0.39 is 0 Å². The maximum absolute atomic E-state index is 11.8. The number of nitrogens with two attached hydrogens (primary N) is 1. The standard InChI is InChI=1S/C14H21NO3/c1-10-7-11(9-12(15)8-10)13(16)18-6-5-14(2,3)17-4/h7-9H,5-6,15H2,1-4H3. The van der Waals surface area contributed by atoms with Crippen molar-refractivity contribution in [2.45, 2.75) is 32.8 Å². The Balaban J connectivity index is 2.56. The van der Waals surface area contributed by atoms with Gasteiger partial charge in [0.15, 0.2) is 0 Å². The van der Waals surface area contributed by atoms with Crippen LogP contribution >= 0.6 is 0 Å². The SMILES string of the molecule is COC(C)(C)CCOC(=O)c1cc(C)cc(N)c1. The van der Waals surface area contributed by atoms with Crippen LogP contribution in [0, 0.1) is 6.92 Å². The van der Waals surface area contributed by atoms with Gasteiger partial charge in [-0.15, -0.1) is 0 Å². The van der Waals surface area contributed by atoms with Crippen LogP contribution in [0.5, 0.6) is 0 Å². The molecule has 0 heterocycles. The number of carbonyl (C=O) groups excluding carboxylic acids is 1. The van der Waals surface area contributed by atoms with Crippen molar-refractivity contribution in [1.82, 2.24) is 0 Å². The summed E-state index contributed by atoms with van der Waals surface area (Å²) in [7, 11) is 1.64. The average molecular weight is 251 g/mol. The highest BCUT2D eigenvalue weighted by Gasteiger charge is 2.17. The molecule has 0 aliphatic carbocycles. The number of ether oxygens (including phenoxy) is 2. The maximum atomic E-state index is 11.8. The molecule has 0 saturated carbocycles. The van der Waals surface area contributed by atoms with E-state index in [1.807, 2.05) is 26.8 Å². The van der Waals surface area contributed by atoms with Crippen LogP contribution in [0.1, 0.15) is 36.2 Å². The van der Waals surface area contributed by atoms with Crippen molar-refractivity contribution in [3.8, 4) is 0 Å². The van der Waals surface area contributed by atoms with Crippen molar-refractivity contribution >= 4 is 11.7 Å². The molecule has 0 radical (unpaired) electrons. The lowest BCUT2D eigenvalue weighted by molar-refractivity contribution is -0.00563. The number of anilines is 1. The number of hydrogen-bond donors (Lipinski definition) is 1. The second-order valence-corrected chi connectivity index (χ2v) is 4.98. The van der Waals surface area contributed by atoms with Gasteiger partial charge in [0.25, 0.3) is 0 Å². The Morgan fingerprint density at radius 3 is 2.56 bits per heavy atom. The fraction of sp³-hybridized carbons (Fsp3) is 0.500. The van der Waals surface area contributed by atoms with Gasteiger partial charge in [-0.05, 0) is 44.5 Å². The van der Waals surface area contributed by atoms with Crippen molar-refractivity contribution < 1.29 is 14.3 Å². The van der Waals surface area contributed by atoms with Crippen molar-refractivity contribution in [2.24, 2.45) is 0 Å². The fourth-order valence-corrected chi connectivity index (χ4v) is 1.51. The van der Waals surface area contributed by atoms with Gasteiger partial charge in [0.1, 0.15) is 0 Å². The van der Waals surface area contributed by atoms with Gasteiger partial charge in [0, 0.05) is 19.2 Å². The fourth-order valence-electron chi connectivity index (χ4n) is 1.51. The van der Waals surface area contributed by atoms with Gasteiger partial charge in [-0.3, -0.25) is 0 Å². The van der Waals surface area contributed by atoms with Crippen LogP contribution in [-0.4, -0.2) is 25.3 Å². The molecule has 100 valence electrons. The minimum Gasteiger partial charge on any atom is -0.462 e. The van der Waals surface area contributed by atoms with E-state index in [0.717, 1.165) is 5.56 Å². The van der Waals surface area contributed by atoms with Gasteiger partial charge >= 0.3 is 5.97 Å². The number of methoxy groups -OCH3 is 1. The van der Waals surface area contributed by atoms with Gasteiger partial charge in [-0.1, -0.05) is 0 Å². The molecular weight excluding hydrogens is 230 g/mol. The molecule has 0 atom stereocenters. The van der Waals surface area contributed by atoms with E-state index in [4.69, 9.17) is 15.2 Å². The number of carbonyl (C=O) groups is 1. The van der Waals surface area contributed by atoms with Crippen LogP contribution in [-0.2, 0) is 9.47 Å². The van der Waals surface area contributed by atoms with Gasteiger partial charge in [-0.25, -0.2) is 4.79 Å². The quantitative estimate of drug-likeness (QED) is 0.645. The number of benzene rings is 1. The molecule has 1 aromatic carbocycles.